The van der Waals surface area contributed by atoms with Gasteiger partial charge in [0.25, 0.3) is 0 Å². The fourth-order valence-electron chi connectivity index (χ4n) is 2.86. The third kappa shape index (κ3) is 4.87. The highest BCUT2D eigenvalue weighted by Gasteiger charge is 2.22. The number of nitrogens with one attached hydrogen (secondary N) is 1. The van der Waals surface area contributed by atoms with Crippen LogP contribution in [0.25, 0.3) is 0 Å². The van der Waals surface area contributed by atoms with Gasteiger partial charge in [-0.25, -0.2) is 0 Å². The average molecular weight is 313 g/mol. The number of hydrogen-bond donors (Lipinski definition) is 2. The Morgan fingerprint density at radius 3 is 2.29 bits per heavy atom. The summed E-state index contributed by atoms with van der Waals surface area (Å²) in [6.07, 6.45) is 0. The Kier molecular flexibility index (Phi) is 7.50. The first-order valence-electron chi connectivity index (χ1n) is 7.68. The number of ether oxygens (including phenoxy) is 1. The van der Waals surface area contributed by atoms with Crippen LogP contribution in [0.15, 0.2) is 18.2 Å². The quantitative estimate of drug-likeness (QED) is 0.766. The van der Waals surface area contributed by atoms with E-state index in [4.69, 9.17) is 22.1 Å². The monoisotopic (exact) mass is 312 g/mol. The van der Waals surface area contributed by atoms with Crippen molar-refractivity contribution in [1.29, 1.82) is 0 Å². The molecule has 0 heterocycles. The van der Waals surface area contributed by atoms with E-state index in [1.807, 2.05) is 18.2 Å². The normalized spacial score (nSPS) is 13.2. The lowest BCUT2D eigenvalue weighted by molar-refractivity contribution is 0.265. The number of halogens is 1. The largest absolute Gasteiger partial charge is 0.496 e. The van der Waals surface area contributed by atoms with E-state index >= 15 is 0 Å². The van der Waals surface area contributed by atoms with Gasteiger partial charge in [-0.2, -0.15) is 0 Å². The van der Waals surface area contributed by atoms with Crippen LogP contribution < -0.4 is 15.8 Å². The molecule has 4 heteroatoms. The van der Waals surface area contributed by atoms with Crippen molar-refractivity contribution in [2.24, 2.45) is 23.5 Å². The van der Waals surface area contributed by atoms with E-state index in [-0.39, 0.29) is 6.04 Å². The highest BCUT2D eigenvalue weighted by atomic mass is 35.5. The Balaban J connectivity index is 2.89. The van der Waals surface area contributed by atoms with Crippen LogP contribution in [0.5, 0.6) is 5.75 Å². The molecule has 0 aliphatic heterocycles. The highest BCUT2D eigenvalue weighted by Crippen LogP contribution is 2.32. The van der Waals surface area contributed by atoms with Crippen LogP contribution in [0.3, 0.4) is 0 Å². The Hall–Kier alpha value is -0.770. The number of hydrogen-bond acceptors (Lipinski definition) is 3. The van der Waals surface area contributed by atoms with Gasteiger partial charge in [-0.1, -0.05) is 45.4 Å². The van der Waals surface area contributed by atoms with Gasteiger partial charge in [0.05, 0.1) is 7.11 Å². The molecule has 3 nitrogen and oxygen atoms in total. The lowest BCUT2D eigenvalue weighted by atomic mass is 9.85. The molecule has 0 radical (unpaired) electrons. The van der Waals surface area contributed by atoms with E-state index in [2.05, 4.69) is 33.0 Å². The molecule has 0 saturated heterocycles. The molecule has 3 N–H and O–H groups in total. The molecular formula is C17H29ClN2O. The zero-order valence-corrected chi connectivity index (χ0v) is 14.6. The predicted octanol–water partition coefficient (Wildman–Crippen LogP) is 3.87. The molecule has 1 rings (SSSR count). The lowest BCUT2D eigenvalue weighted by Crippen LogP contribution is -2.36. The molecular weight excluding hydrogens is 284 g/mol. The van der Waals surface area contributed by atoms with Crippen molar-refractivity contribution < 1.29 is 4.74 Å². The third-order valence-electron chi connectivity index (χ3n) is 4.13. The minimum absolute atomic E-state index is 0.00801. The fourth-order valence-corrected chi connectivity index (χ4v) is 3.15. The van der Waals surface area contributed by atoms with Gasteiger partial charge in [-0.3, -0.25) is 0 Å². The molecule has 1 aromatic carbocycles. The molecule has 21 heavy (non-hydrogen) atoms. The summed E-state index contributed by atoms with van der Waals surface area (Å²) in [5.41, 5.74) is 6.91. The van der Waals surface area contributed by atoms with Gasteiger partial charge in [0, 0.05) is 23.2 Å². The van der Waals surface area contributed by atoms with Gasteiger partial charge in [0.2, 0.25) is 0 Å². The number of rotatable bonds is 8. The Labute approximate surface area is 134 Å². The first-order valence-corrected chi connectivity index (χ1v) is 8.06. The predicted molar refractivity (Wildman–Crippen MR) is 91.0 cm³/mol. The second kappa shape index (κ2) is 8.62. The molecule has 1 aromatic rings. The summed E-state index contributed by atoms with van der Waals surface area (Å²) in [7, 11) is 1.66. The van der Waals surface area contributed by atoms with Crippen molar-refractivity contribution in [3.63, 3.8) is 0 Å². The Bertz CT molecular complexity index is 427. The van der Waals surface area contributed by atoms with Crippen LogP contribution in [0, 0.1) is 17.8 Å². The maximum atomic E-state index is 6.35. The average Bonchev–Trinajstić information content (AvgIpc) is 2.43. The summed E-state index contributed by atoms with van der Waals surface area (Å²) < 4.78 is 5.43. The molecule has 1 atom stereocenters. The van der Waals surface area contributed by atoms with Crippen molar-refractivity contribution in [1.82, 2.24) is 5.32 Å². The molecule has 0 spiro atoms. The van der Waals surface area contributed by atoms with Gasteiger partial charge >= 0.3 is 0 Å². The van der Waals surface area contributed by atoms with Crippen molar-refractivity contribution in [2.45, 2.75) is 33.7 Å². The Morgan fingerprint density at radius 1 is 1.19 bits per heavy atom. The van der Waals surface area contributed by atoms with E-state index in [0.717, 1.165) is 17.9 Å². The lowest BCUT2D eigenvalue weighted by Gasteiger charge is -2.28. The summed E-state index contributed by atoms with van der Waals surface area (Å²) in [5.74, 6) is 2.65. The van der Waals surface area contributed by atoms with E-state index in [0.29, 0.717) is 29.3 Å². The van der Waals surface area contributed by atoms with E-state index < -0.39 is 0 Å². The maximum Gasteiger partial charge on any atom is 0.125 e. The minimum Gasteiger partial charge on any atom is -0.496 e. The number of methoxy groups -OCH3 is 1. The smallest absolute Gasteiger partial charge is 0.125 e. The molecule has 0 aromatic heterocycles. The summed E-state index contributed by atoms with van der Waals surface area (Å²) in [6, 6.07) is 5.71. The molecule has 0 amide bonds. The van der Waals surface area contributed by atoms with Crippen LogP contribution in [-0.4, -0.2) is 20.2 Å². The molecule has 0 aliphatic rings. The zero-order valence-electron chi connectivity index (χ0n) is 13.8. The highest BCUT2D eigenvalue weighted by molar-refractivity contribution is 6.31. The van der Waals surface area contributed by atoms with Crippen LogP contribution in [0.2, 0.25) is 5.02 Å². The third-order valence-corrected chi connectivity index (χ3v) is 4.46. The summed E-state index contributed by atoms with van der Waals surface area (Å²) in [6.45, 7) is 10.5. The van der Waals surface area contributed by atoms with Crippen molar-refractivity contribution in [2.75, 3.05) is 20.2 Å². The molecule has 1 unspecified atom stereocenters. The van der Waals surface area contributed by atoms with Crippen molar-refractivity contribution in [3.8, 4) is 5.75 Å². The number of nitrogens with two attached hydrogens (primary N) is 1. The molecule has 0 fully saturated rings. The molecule has 0 aliphatic carbocycles. The zero-order chi connectivity index (χ0) is 16.0. The van der Waals surface area contributed by atoms with Gasteiger partial charge < -0.3 is 15.8 Å². The van der Waals surface area contributed by atoms with Crippen LogP contribution in [0.1, 0.15) is 39.3 Å². The summed E-state index contributed by atoms with van der Waals surface area (Å²) >= 11 is 6.35. The Morgan fingerprint density at radius 2 is 1.81 bits per heavy atom. The summed E-state index contributed by atoms with van der Waals surface area (Å²) in [4.78, 5) is 0. The minimum atomic E-state index is 0.00801. The van der Waals surface area contributed by atoms with Crippen LogP contribution >= 0.6 is 11.6 Å². The van der Waals surface area contributed by atoms with Crippen molar-refractivity contribution in [3.05, 3.63) is 28.8 Å². The van der Waals surface area contributed by atoms with E-state index in [1.165, 1.54) is 0 Å². The van der Waals surface area contributed by atoms with E-state index in [1.54, 1.807) is 7.11 Å². The second-order valence-electron chi connectivity index (χ2n) is 6.20. The summed E-state index contributed by atoms with van der Waals surface area (Å²) in [5, 5.41) is 4.27. The van der Waals surface area contributed by atoms with Gasteiger partial charge in [-0.05, 0) is 36.4 Å². The maximum absolute atomic E-state index is 6.35. The topological polar surface area (TPSA) is 47.3 Å². The van der Waals surface area contributed by atoms with Gasteiger partial charge in [0.1, 0.15) is 5.75 Å². The second-order valence-corrected chi connectivity index (χ2v) is 6.61. The van der Waals surface area contributed by atoms with Gasteiger partial charge in [-0.15, -0.1) is 0 Å². The van der Waals surface area contributed by atoms with Crippen molar-refractivity contribution >= 4 is 11.6 Å². The molecule has 120 valence electrons. The molecule has 0 bridgehead atoms. The molecule has 0 saturated carbocycles. The standard InChI is InChI=1S/C17H29ClN2O/c1-11(2)13(12(3)4)10-20-15(9-19)17-14(18)7-6-8-16(17)21-5/h6-8,11-13,15,20H,9-10,19H2,1-5H3. The van der Waals surface area contributed by atoms with Crippen LogP contribution in [-0.2, 0) is 0 Å². The SMILES string of the molecule is COc1cccc(Cl)c1C(CN)NCC(C(C)C)C(C)C. The first-order chi connectivity index (χ1) is 9.92. The van der Waals surface area contributed by atoms with Gasteiger partial charge in [0.15, 0.2) is 0 Å². The fraction of sp³-hybridized carbons (Fsp3) is 0.647. The van der Waals surface area contributed by atoms with Crippen LogP contribution in [0.4, 0.5) is 0 Å². The van der Waals surface area contributed by atoms with E-state index in [9.17, 15) is 0 Å². The number of benzene rings is 1. The first kappa shape index (κ1) is 18.3.